The fourth-order valence-corrected chi connectivity index (χ4v) is 7.77. The van der Waals surface area contributed by atoms with Gasteiger partial charge in [-0.05, 0) is 95.2 Å². The average molecular weight is 798 g/mol. The third-order valence-electron chi connectivity index (χ3n) is 10.9. The molecule has 17 heteroatoms. The highest BCUT2D eigenvalue weighted by atomic mass is 16.6. The van der Waals surface area contributed by atoms with Crippen LogP contribution in [0.2, 0.25) is 0 Å². The Balaban J connectivity index is 1.26. The molecule has 1 unspecified atom stereocenters. The summed E-state index contributed by atoms with van der Waals surface area (Å²) >= 11 is 0. The molecule has 2 fully saturated rings. The number of carbonyl (C=O) groups excluding carboxylic acids is 5. The van der Waals surface area contributed by atoms with E-state index in [1.165, 1.54) is 12.0 Å². The molecule has 1 aromatic rings. The molecule has 0 saturated carbocycles. The van der Waals surface area contributed by atoms with Crippen LogP contribution in [-0.4, -0.2) is 145 Å². The number of allylic oxidation sites excluding steroid dienone is 1. The van der Waals surface area contributed by atoms with Crippen LogP contribution in [0.5, 0.6) is 0 Å². The van der Waals surface area contributed by atoms with E-state index in [1.54, 1.807) is 24.1 Å². The number of nitrogens with zero attached hydrogens (tertiary/aromatic N) is 4. The average Bonchev–Trinajstić information content (AvgIpc) is 3.88. The number of benzene rings is 1. The van der Waals surface area contributed by atoms with Crippen molar-refractivity contribution in [3.8, 4) is 0 Å². The second-order valence-corrected chi connectivity index (χ2v) is 15.3. The van der Waals surface area contributed by atoms with Crippen LogP contribution in [0.15, 0.2) is 47.5 Å². The van der Waals surface area contributed by atoms with E-state index in [2.05, 4.69) is 20.5 Å². The van der Waals surface area contributed by atoms with Gasteiger partial charge in [-0.15, -0.1) is 0 Å². The van der Waals surface area contributed by atoms with Gasteiger partial charge in [0.1, 0.15) is 12.1 Å². The molecule has 6 atom stereocenters. The fraction of sp³-hybridized carbons (Fsp3) is 0.650. The van der Waals surface area contributed by atoms with Crippen LogP contribution in [0.1, 0.15) is 76.2 Å². The Morgan fingerprint density at radius 2 is 1.75 bits per heavy atom. The Morgan fingerprint density at radius 3 is 2.49 bits per heavy atom. The van der Waals surface area contributed by atoms with Gasteiger partial charge in [0.15, 0.2) is 11.6 Å². The molecule has 2 aliphatic heterocycles. The highest BCUT2D eigenvalue weighted by Gasteiger charge is 2.39. The molecule has 17 nitrogen and oxygen atoms in total. The smallest absolute Gasteiger partial charge is 0.410 e. The Morgan fingerprint density at radius 1 is 1.02 bits per heavy atom. The number of nitrogens with two attached hydrogens (primary N) is 3. The lowest BCUT2D eigenvalue weighted by Gasteiger charge is -2.31. The van der Waals surface area contributed by atoms with E-state index in [-0.39, 0.29) is 55.0 Å². The summed E-state index contributed by atoms with van der Waals surface area (Å²) in [5, 5.41) is 16.9. The zero-order valence-corrected chi connectivity index (χ0v) is 33.5. The fourth-order valence-electron chi connectivity index (χ4n) is 7.77. The predicted molar refractivity (Wildman–Crippen MR) is 214 cm³/mol. The first-order valence-corrected chi connectivity index (χ1v) is 20.2. The van der Waals surface area contributed by atoms with E-state index >= 15 is 0 Å². The number of rotatable bonds is 18. The number of guanidine groups is 1. The van der Waals surface area contributed by atoms with Gasteiger partial charge < -0.3 is 52.2 Å². The van der Waals surface area contributed by atoms with Gasteiger partial charge in [0.2, 0.25) is 17.7 Å². The van der Waals surface area contributed by atoms with Gasteiger partial charge in [-0.1, -0.05) is 36.4 Å². The number of ether oxygens (including phenoxy) is 2. The summed E-state index contributed by atoms with van der Waals surface area (Å²) in [4.78, 5) is 74.8. The number of aliphatic imine (C=N–C) groups is 1. The van der Waals surface area contributed by atoms with Crippen molar-refractivity contribution in [2.45, 2.75) is 113 Å². The van der Waals surface area contributed by atoms with Gasteiger partial charge >= 0.3 is 12.1 Å². The molecular formula is C40H63N9O8. The Hall–Kier alpha value is -4.74. The first kappa shape index (κ1) is 45.0. The summed E-state index contributed by atoms with van der Waals surface area (Å²) in [6, 6.07) is 7.46. The van der Waals surface area contributed by atoms with Crippen molar-refractivity contribution in [3.63, 3.8) is 0 Å². The summed E-state index contributed by atoms with van der Waals surface area (Å²) in [5.41, 5.74) is 16.7. The zero-order valence-electron chi connectivity index (χ0n) is 33.5. The lowest BCUT2D eigenvalue weighted by molar-refractivity contribution is -0.164. The number of likely N-dealkylation sites (tertiary alicyclic amines) is 2. The number of hydrogen-bond acceptors (Lipinski definition) is 11. The number of esters is 1. The molecule has 57 heavy (non-hydrogen) atoms. The van der Waals surface area contributed by atoms with Gasteiger partial charge in [-0.2, -0.15) is 0 Å². The van der Waals surface area contributed by atoms with Gasteiger partial charge in [0.05, 0.1) is 19.2 Å². The van der Waals surface area contributed by atoms with Gasteiger partial charge in [-0.25, -0.2) is 9.59 Å². The Bertz CT molecular complexity index is 1560. The summed E-state index contributed by atoms with van der Waals surface area (Å²) in [7, 11) is 2.84. The van der Waals surface area contributed by atoms with Crippen LogP contribution in [-0.2, 0) is 35.1 Å². The summed E-state index contributed by atoms with van der Waals surface area (Å²) in [6.45, 7) is 2.63. The maximum absolute atomic E-state index is 13.8. The predicted octanol–water partition coefficient (Wildman–Crippen LogP) is 0.528. The molecule has 0 radical (unpaired) electrons. The molecule has 1 aliphatic carbocycles. The molecular weight excluding hydrogens is 734 g/mol. The van der Waals surface area contributed by atoms with Crippen LogP contribution in [0.3, 0.4) is 0 Å². The van der Waals surface area contributed by atoms with Gasteiger partial charge in [0, 0.05) is 45.8 Å². The topological polar surface area (TPSA) is 248 Å². The van der Waals surface area contributed by atoms with E-state index in [0.717, 1.165) is 12.0 Å². The largest absolute Gasteiger partial charge is 0.467 e. The molecule has 0 bridgehead atoms. The summed E-state index contributed by atoms with van der Waals surface area (Å²) in [5.74, 6) is -1.32. The third-order valence-corrected chi connectivity index (χ3v) is 10.9. The Labute approximate surface area is 335 Å². The number of nitrogens with one attached hydrogen (secondary N) is 2. The van der Waals surface area contributed by atoms with E-state index in [1.807, 2.05) is 30.3 Å². The SMILES string of the molecule is COC(=O)[C@@]1(O)CC/C=C/C(OC(=O)N(C)CCCNC(=O)[C@@H]2CCCN2C[C@H](CCCN=C(N)N)NC(=O)[C@@H]2CCCN2C(=O)[C@H](N)Cc2ccccc2)CC1. The van der Waals surface area contributed by atoms with Crippen LogP contribution in [0.4, 0.5) is 4.79 Å². The van der Waals surface area contributed by atoms with Crippen molar-refractivity contribution >= 4 is 35.7 Å². The molecule has 316 valence electrons. The van der Waals surface area contributed by atoms with E-state index in [4.69, 9.17) is 26.7 Å². The van der Waals surface area contributed by atoms with E-state index in [9.17, 15) is 29.1 Å². The van der Waals surface area contributed by atoms with Crippen LogP contribution in [0, 0.1) is 0 Å². The normalized spacial score (nSPS) is 23.9. The molecule has 4 amide bonds. The van der Waals surface area contributed by atoms with Crippen LogP contribution in [0.25, 0.3) is 0 Å². The number of hydrogen-bond donors (Lipinski definition) is 6. The molecule has 0 spiro atoms. The van der Waals surface area contributed by atoms with E-state index in [0.29, 0.717) is 90.6 Å². The standard InChI is InChI=1S/C40H63N9O8/c1-47(39(54)57-30-15-6-7-19-40(55,20-18-30)37(53)56-2)23-11-22-44-34(50)32-16-9-24-48(32)27-29(14-8-21-45-38(42)43)46-35(51)33-17-10-25-49(33)36(52)31(41)26-28-12-4-3-5-13-28/h3-6,12-13,15,29-33,55H,7-11,14,16-27,41H2,1-2H3,(H,44,50)(H,46,51)(H4,42,43,45)/b15-6+/t29-,30?,31+,32-,33-,40+/m0/s1. The number of methoxy groups -OCH3 is 1. The molecule has 2 heterocycles. The Kier molecular flexibility index (Phi) is 17.6. The molecule has 0 aromatic heterocycles. The van der Waals surface area contributed by atoms with Crippen molar-refractivity contribution in [3.05, 3.63) is 48.0 Å². The number of carbonyl (C=O) groups is 5. The molecule has 1 aromatic carbocycles. The monoisotopic (exact) mass is 797 g/mol. The third kappa shape index (κ3) is 13.7. The maximum Gasteiger partial charge on any atom is 0.410 e. The highest BCUT2D eigenvalue weighted by molar-refractivity contribution is 5.90. The molecule has 2 saturated heterocycles. The van der Waals surface area contributed by atoms with Gasteiger partial charge in [0.25, 0.3) is 0 Å². The second-order valence-electron chi connectivity index (χ2n) is 15.3. The van der Waals surface area contributed by atoms with Crippen molar-refractivity contribution in [2.24, 2.45) is 22.2 Å². The van der Waals surface area contributed by atoms with Crippen molar-refractivity contribution in [1.29, 1.82) is 0 Å². The highest BCUT2D eigenvalue weighted by Crippen LogP contribution is 2.27. The minimum absolute atomic E-state index is 0.00950. The second kappa shape index (κ2) is 22.3. The molecule has 9 N–H and O–H groups in total. The zero-order chi connectivity index (χ0) is 41.4. The van der Waals surface area contributed by atoms with Crippen LogP contribution >= 0.6 is 0 Å². The minimum Gasteiger partial charge on any atom is -0.467 e. The van der Waals surface area contributed by atoms with Crippen LogP contribution < -0.4 is 27.8 Å². The summed E-state index contributed by atoms with van der Waals surface area (Å²) < 4.78 is 10.4. The quantitative estimate of drug-likeness (QED) is 0.0392. The van der Waals surface area contributed by atoms with Crippen molar-refractivity contribution in [1.82, 2.24) is 25.3 Å². The first-order chi connectivity index (χ1) is 27.3. The molecule has 4 rings (SSSR count). The lowest BCUT2D eigenvalue weighted by Crippen LogP contribution is -2.55. The summed E-state index contributed by atoms with van der Waals surface area (Å²) in [6.07, 6.45) is 8.19. The number of amides is 4. The van der Waals surface area contributed by atoms with Crippen molar-refractivity contribution in [2.75, 3.05) is 53.4 Å². The van der Waals surface area contributed by atoms with Crippen molar-refractivity contribution < 1.29 is 38.6 Å². The van der Waals surface area contributed by atoms with Gasteiger partial charge in [-0.3, -0.25) is 24.3 Å². The molecule has 3 aliphatic rings. The minimum atomic E-state index is -1.62. The first-order valence-electron chi connectivity index (χ1n) is 20.2. The van der Waals surface area contributed by atoms with E-state index < -0.39 is 35.9 Å². The maximum atomic E-state index is 13.8. The number of aliphatic hydroxyl groups is 1. The lowest BCUT2D eigenvalue weighted by atomic mass is 9.88.